The second-order valence-corrected chi connectivity index (χ2v) is 12.9. The van der Waals surface area contributed by atoms with Crippen LogP contribution in [0.15, 0.2) is 53.6 Å². The number of hydrogen-bond acceptors (Lipinski definition) is 6. The van der Waals surface area contributed by atoms with Gasteiger partial charge in [-0.2, -0.15) is 0 Å². The Hall–Kier alpha value is -2.44. The van der Waals surface area contributed by atoms with E-state index >= 15 is 0 Å². The van der Waals surface area contributed by atoms with Gasteiger partial charge in [0.1, 0.15) is 12.2 Å². The summed E-state index contributed by atoms with van der Waals surface area (Å²) in [5, 5.41) is 0. The smallest absolute Gasteiger partial charge is 0.338 e. The van der Waals surface area contributed by atoms with Gasteiger partial charge < -0.3 is 18.9 Å². The Balaban J connectivity index is 1.31. The molecule has 3 saturated carbocycles. The van der Waals surface area contributed by atoms with Crippen LogP contribution >= 0.6 is 0 Å². The van der Waals surface area contributed by atoms with Gasteiger partial charge in [-0.15, -0.1) is 0 Å². The molecular formula is C33H42O6. The number of fused-ring (bicyclic) bond motifs is 5. The molecule has 4 fully saturated rings. The molecule has 6 nitrogen and oxygen atoms in total. The van der Waals surface area contributed by atoms with Gasteiger partial charge in [0.25, 0.3) is 0 Å². The third-order valence-corrected chi connectivity index (χ3v) is 11.0. The Kier molecular flexibility index (Phi) is 6.99. The minimum Gasteiger partial charge on any atom is -0.462 e. The highest BCUT2D eigenvalue weighted by Crippen LogP contribution is 2.66. The van der Waals surface area contributed by atoms with Gasteiger partial charge in [-0.3, -0.25) is 4.79 Å². The number of rotatable bonds is 5. The van der Waals surface area contributed by atoms with Crippen molar-refractivity contribution in [1.82, 2.24) is 0 Å². The predicted octanol–water partition coefficient (Wildman–Crippen LogP) is 6.26. The van der Waals surface area contributed by atoms with Crippen molar-refractivity contribution in [2.75, 3.05) is 13.2 Å². The van der Waals surface area contributed by atoms with Gasteiger partial charge in [0.2, 0.25) is 0 Å². The molecule has 39 heavy (non-hydrogen) atoms. The number of carbonyl (C=O) groups is 2. The van der Waals surface area contributed by atoms with Gasteiger partial charge in [-0.1, -0.05) is 62.3 Å². The van der Waals surface area contributed by atoms with Gasteiger partial charge >= 0.3 is 11.9 Å². The van der Waals surface area contributed by atoms with Crippen LogP contribution in [0, 0.1) is 34.5 Å². The molecule has 1 aliphatic heterocycles. The molecule has 0 aromatic heterocycles. The van der Waals surface area contributed by atoms with Crippen LogP contribution in [0.1, 0.15) is 76.6 Å². The zero-order chi connectivity index (χ0) is 27.4. The Bertz CT molecular complexity index is 1170. The summed E-state index contributed by atoms with van der Waals surface area (Å²) in [6, 6.07) is 9.20. The molecule has 210 valence electrons. The van der Waals surface area contributed by atoms with Crippen molar-refractivity contribution in [2.45, 2.75) is 84.7 Å². The molecule has 1 aromatic rings. The van der Waals surface area contributed by atoms with E-state index in [0.29, 0.717) is 55.3 Å². The molecule has 1 unspecified atom stereocenters. The maximum absolute atomic E-state index is 13.3. The second kappa shape index (κ2) is 10.2. The lowest BCUT2D eigenvalue weighted by Gasteiger charge is -2.57. The summed E-state index contributed by atoms with van der Waals surface area (Å²) in [7, 11) is 0. The first-order chi connectivity index (χ1) is 18.7. The Morgan fingerprint density at radius 1 is 0.974 bits per heavy atom. The molecule has 0 N–H and O–H groups in total. The van der Waals surface area contributed by atoms with Crippen LogP contribution in [0.3, 0.4) is 0 Å². The highest BCUT2D eigenvalue weighted by atomic mass is 16.7. The van der Waals surface area contributed by atoms with E-state index in [2.05, 4.69) is 32.9 Å². The quantitative estimate of drug-likeness (QED) is 0.415. The Morgan fingerprint density at radius 3 is 2.44 bits per heavy atom. The molecule has 4 aliphatic carbocycles. The zero-order valence-corrected chi connectivity index (χ0v) is 23.7. The molecule has 6 rings (SSSR count). The SMILES string of the molecule is CC(=O)O[C@@H]1CC2=CC=C3[C@@H]4CC[C@H](C(C)C5OCCO5)[C@@]4(C)CC[C@@H]3[C@@]2(C)[C@@H](OC(=O)c2ccccc2)C1. The molecule has 1 heterocycles. The van der Waals surface area contributed by atoms with E-state index in [-0.39, 0.29) is 41.3 Å². The number of hydrogen-bond donors (Lipinski definition) is 0. The third-order valence-electron chi connectivity index (χ3n) is 11.0. The Labute approximate surface area is 232 Å². The lowest BCUT2D eigenvalue weighted by Crippen LogP contribution is -2.54. The monoisotopic (exact) mass is 534 g/mol. The Morgan fingerprint density at radius 2 is 1.72 bits per heavy atom. The fourth-order valence-corrected chi connectivity index (χ4v) is 9.05. The van der Waals surface area contributed by atoms with Crippen LogP contribution in [-0.4, -0.2) is 43.7 Å². The van der Waals surface area contributed by atoms with E-state index < -0.39 is 0 Å². The number of benzene rings is 1. The molecule has 0 amide bonds. The van der Waals surface area contributed by atoms with E-state index in [1.165, 1.54) is 30.9 Å². The highest BCUT2D eigenvalue weighted by Gasteiger charge is 2.60. The van der Waals surface area contributed by atoms with Crippen molar-refractivity contribution in [2.24, 2.45) is 34.5 Å². The van der Waals surface area contributed by atoms with Crippen LogP contribution in [-0.2, 0) is 23.7 Å². The maximum Gasteiger partial charge on any atom is 0.338 e. The lowest BCUT2D eigenvalue weighted by atomic mass is 9.49. The first-order valence-corrected chi connectivity index (χ1v) is 14.8. The standard InChI is InChI=1S/C33H42O6/c1-20(31-36-16-17-37-31)26-12-13-27-25-11-10-23-18-24(38-21(2)34)19-29(39-30(35)22-8-6-5-7-9-22)33(23,4)28(25)14-15-32(26,27)3/h5-11,20,24,26-29,31H,12-19H2,1-4H3/t20?,24-,26-,27+,28+,29+,32-,33+/m1/s1. The first kappa shape index (κ1) is 26.8. The fourth-order valence-electron chi connectivity index (χ4n) is 9.05. The number of esters is 2. The normalized spacial score (nSPS) is 38.5. The summed E-state index contributed by atoms with van der Waals surface area (Å²) < 4.78 is 23.9. The fraction of sp³-hybridized carbons (Fsp3) is 0.636. The van der Waals surface area contributed by atoms with E-state index in [0.717, 1.165) is 12.8 Å². The summed E-state index contributed by atoms with van der Waals surface area (Å²) in [5.41, 5.74) is 3.18. The van der Waals surface area contributed by atoms with Crippen molar-refractivity contribution in [3.05, 3.63) is 59.2 Å². The molecule has 0 bridgehead atoms. The predicted molar refractivity (Wildman–Crippen MR) is 147 cm³/mol. The van der Waals surface area contributed by atoms with Crippen LogP contribution in [0.5, 0.6) is 0 Å². The first-order valence-electron chi connectivity index (χ1n) is 14.8. The third kappa shape index (κ3) is 4.48. The van der Waals surface area contributed by atoms with Gasteiger partial charge in [-0.05, 0) is 61.0 Å². The topological polar surface area (TPSA) is 71.1 Å². The van der Waals surface area contributed by atoms with Crippen molar-refractivity contribution in [1.29, 1.82) is 0 Å². The van der Waals surface area contributed by atoms with Crippen LogP contribution in [0.2, 0.25) is 0 Å². The largest absolute Gasteiger partial charge is 0.462 e. The molecule has 1 aromatic carbocycles. The molecule has 6 heteroatoms. The summed E-state index contributed by atoms with van der Waals surface area (Å²) in [5.74, 6) is 1.11. The van der Waals surface area contributed by atoms with Gasteiger partial charge in [0, 0.05) is 31.1 Å². The molecule has 0 spiro atoms. The number of allylic oxidation sites excluding steroid dienone is 3. The lowest BCUT2D eigenvalue weighted by molar-refractivity contribution is -0.152. The molecule has 0 radical (unpaired) electrons. The summed E-state index contributed by atoms with van der Waals surface area (Å²) in [6.45, 7) is 9.93. The van der Waals surface area contributed by atoms with Crippen LogP contribution in [0.4, 0.5) is 0 Å². The van der Waals surface area contributed by atoms with Crippen molar-refractivity contribution >= 4 is 11.9 Å². The zero-order valence-electron chi connectivity index (χ0n) is 23.7. The van der Waals surface area contributed by atoms with E-state index in [9.17, 15) is 9.59 Å². The second-order valence-electron chi connectivity index (χ2n) is 12.9. The maximum atomic E-state index is 13.3. The number of ether oxygens (including phenoxy) is 4. The van der Waals surface area contributed by atoms with Crippen LogP contribution in [0.25, 0.3) is 0 Å². The van der Waals surface area contributed by atoms with Gasteiger partial charge in [-0.25, -0.2) is 4.79 Å². The van der Waals surface area contributed by atoms with Crippen molar-refractivity contribution in [3.8, 4) is 0 Å². The highest BCUT2D eigenvalue weighted by molar-refractivity contribution is 5.89. The minimum atomic E-state index is -0.371. The minimum absolute atomic E-state index is 0.0917. The molecular weight excluding hydrogens is 492 g/mol. The molecule has 8 atom stereocenters. The van der Waals surface area contributed by atoms with Crippen molar-refractivity contribution in [3.63, 3.8) is 0 Å². The number of carbonyl (C=O) groups excluding carboxylic acids is 2. The molecule has 1 saturated heterocycles. The molecule has 5 aliphatic rings. The average molecular weight is 535 g/mol. The van der Waals surface area contributed by atoms with Crippen molar-refractivity contribution < 1.29 is 28.5 Å². The van der Waals surface area contributed by atoms with Gasteiger partial charge in [0.05, 0.1) is 18.8 Å². The van der Waals surface area contributed by atoms with Gasteiger partial charge in [0.15, 0.2) is 6.29 Å². The van der Waals surface area contributed by atoms with Crippen LogP contribution < -0.4 is 0 Å². The van der Waals surface area contributed by atoms with E-state index in [1.807, 2.05) is 18.2 Å². The van der Waals surface area contributed by atoms with E-state index in [4.69, 9.17) is 18.9 Å². The summed E-state index contributed by atoms with van der Waals surface area (Å²) >= 11 is 0. The summed E-state index contributed by atoms with van der Waals surface area (Å²) in [4.78, 5) is 25.2. The average Bonchev–Trinajstić information content (AvgIpc) is 3.57. The van der Waals surface area contributed by atoms with E-state index in [1.54, 1.807) is 12.1 Å². The summed E-state index contributed by atoms with van der Waals surface area (Å²) in [6.07, 6.45) is 9.63.